The Hall–Kier alpha value is -4.83. The van der Waals surface area contributed by atoms with E-state index in [2.05, 4.69) is 22.0 Å². The number of hydrogen-bond donors (Lipinski definition) is 1. The minimum Gasteiger partial charge on any atom is -0.488 e. The van der Waals surface area contributed by atoms with Crippen LogP contribution in [-0.4, -0.2) is 49.1 Å². The highest BCUT2D eigenvalue weighted by Crippen LogP contribution is 2.29. The van der Waals surface area contributed by atoms with Gasteiger partial charge in [0.15, 0.2) is 0 Å². The van der Waals surface area contributed by atoms with E-state index in [9.17, 15) is 18.3 Å². The zero-order chi connectivity index (χ0) is 33.9. The third-order valence-corrected chi connectivity index (χ3v) is 9.71. The van der Waals surface area contributed by atoms with E-state index in [1.54, 1.807) is 37.4 Å². The lowest BCUT2D eigenvalue weighted by Crippen LogP contribution is -2.30. The lowest BCUT2D eigenvalue weighted by atomic mass is 10.1. The summed E-state index contributed by atoms with van der Waals surface area (Å²) < 4.78 is 38.5. The standard InChI is InChI=1S/C39H40N2O6S/c1-3-46-39(43)36-24-35(20-21-38(36)47-28-32-12-8-5-9-13-32)48(44,45)34-18-15-30(16-19-34)22-23-41(26-31-10-6-4-7-11-31)27-37(42)33-17-14-29(2)40-25-33/h4-21,24-25,37,42H,3,22-23,26-28H2,1-2H3/t37-/m0/s1. The summed E-state index contributed by atoms with van der Waals surface area (Å²) in [5, 5.41) is 11.0. The molecule has 248 valence electrons. The number of rotatable bonds is 15. The number of sulfone groups is 1. The fourth-order valence-electron chi connectivity index (χ4n) is 5.27. The molecule has 1 N–H and O–H groups in total. The molecule has 0 unspecified atom stereocenters. The van der Waals surface area contributed by atoms with Crippen molar-refractivity contribution in [1.82, 2.24) is 9.88 Å². The summed E-state index contributed by atoms with van der Waals surface area (Å²) >= 11 is 0. The zero-order valence-electron chi connectivity index (χ0n) is 27.2. The van der Waals surface area contributed by atoms with Crippen LogP contribution < -0.4 is 4.74 Å². The first kappa shape index (κ1) is 34.5. The smallest absolute Gasteiger partial charge is 0.341 e. The maximum atomic E-state index is 13.7. The van der Waals surface area contributed by atoms with Gasteiger partial charge in [-0.2, -0.15) is 0 Å². The molecule has 1 heterocycles. The molecular formula is C39H40N2O6S. The van der Waals surface area contributed by atoms with Gasteiger partial charge >= 0.3 is 5.97 Å². The van der Waals surface area contributed by atoms with Crippen molar-refractivity contribution in [3.8, 4) is 5.75 Å². The van der Waals surface area contributed by atoms with E-state index in [1.807, 2.05) is 67.6 Å². The average molecular weight is 665 g/mol. The fourth-order valence-corrected chi connectivity index (χ4v) is 6.55. The van der Waals surface area contributed by atoms with Crippen LogP contribution in [0, 0.1) is 6.92 Å². The van der Waals surface area contributed by atoms with E-state index in [-0.39, 0.29) is 34.3 Å². The first-order valence-electron chi connectivity index (χ1n) is 15.9. The Morgan fingerprint density at radius 1 is 0.833 bits per heavy atom. The summed E-state index contributed by atoms with van der Waals surface area (Å²) in [5.74, 6) is -0.410. The second-order valence-electron chi connectivity index (χ2n) is 11.5. The van der Waals surface area contributed by atoms with Crippen LogP contribution in [0.15, 0.2) is 131 Å². The maximum Gasteiger partial charge on any atom is 0.341 e. The molecule has 8 nitrogen and oxygen atoms in total. The van der Waals surface area contributed by atoms with Gasteiger partial charge in [-0.3, -0.25) is 9.88 Å². The summed E-state index contributed by atoms with van der Waals surface area (Å²) in [6, 6.07) is 34.4. The third kappa shape index (κ3) is 9.16. The van der Waals surface area contributed by atoms with E-state index in [0.717, 1.165) is 27.9 Å². The van der Waals surface area contributed by atoms with Crippen LogP contribution in [0.25, 0.3) is 0 Å². The van der Waals surface area contributed by atoms with Crippen molar-refractivity contribution in [2.24, 2.45) is 0 Å². The summed E-state index contributed by atoms with van der Waals surface area (Å²) in [6.45, 7) is 5.66. The summed E-state index contributed by atoms with van der Waals surface area (Å²) in [4.78, 5) is 19.4. The van der Waals surface area contributed by atoms with Crippen LogP contribution in [0.2, 0.25) is 0 Å². The largest absolute Gasteiger partial charge is 0.488 e. The van der Waals surface area contributed by atoms with Gasteiger partial charge in [0.25, 0.3) is 0 Å². The molecule has 0 fully saturated rings. The molecule has 0 amide bonds. The highest BCUT2D eigenvalue weighted by molar-refractivity contribution is 7.91. The molecule has 5 rings (SSSR count). The maximum absolute atomic E-state index is 13.7. The Morgan fingerprint density at radius 2 is 1.50 bits per heavy atom. The van der Waals surface area contributed by atoms with Crippen molar-refractivity contribution in [2.75, 3.05) is 19.7 Å². The third-order valence-electron chi connectivity index (χ3n) is 7.94. The summed E-state index contributed by atoms with van der Waals surface area (Å²) in [7, 11) is -3.94. The van der Waals surface area contributed by atoms with Crippen LogP contribution >= 0.6 is 0 Å². The van der Waals surface area contributed by atoms with Gasteiger partial charge in [-0.05, 0) is 73.4 Å². The molecule has 48 heavy (non-hydrogen) atoms. The quantitative estimate of drug-likeness (QED) is 0.123. The number of ether oxygens (including phenoxy) is 2. The number of benzene rings is 4. The molecule has 5 aromatic rings. The number of aliphatic hydroxyl groups excluding tert-OH is 1. The molecule has 9 heteroatoms. The Morgan fingerprint density at radius 3 is 2.15 bits per heavy atom. The number of carbonyl (C=O) groups excluding carboxylic acids is 1. The van der Waals surface area contributed by atoms with E-state index >= 15 is 0 Å². The highest BCUT2D eigenvalue weighted by Gasteiger charge is 2.23. The molecule has 1 aromatic heterocycles. The van der Waals surface area contributed by atoms with E-state index < -0.39 is 21.9 Å². The van der Waals surface area contributed by atoms with Gasteiger partial charge in [-0.15, -0.1) is 0 Å². The number of esters is 1. The van der Waals surface area contributed by atoms with Gasteiger partial charge < -0.3 is 14.6 Å². The van der Waals surface area contributed by atoms with Crippen LogP contribution in [-0.2, 0) is 34.1 Å². The predicted octanol–water partition coefficient (Wildman–Crippen LogP) is 6.76. The summed E-state index contributed by atoms with van der Waals surface area (Å²) in [6.07, 6.45) is 1.65. The van der Waals surface area contributed by atoms with Crippen LogP contribution in [0.1, 0.15) is 51.3 Å². The van der Waals surface area contributed by atoms with Crippen molar-refractivity contribution < 1.29 is 27.8 Å². The second-order valence-corrected chi connectivity index (χ2v) is 13.5. The number of aryl methyl sites for hydroxylation is 1. The second kappa shape index (κ2) is 16.3. The van der Waals surface area contributed by atoms with Gasteiger partial charge in [-0.25, -0.2) is 13.2 Å². The van der Waals surface area contributed by atoms with Gasteiger partial charge in [0.1, 0.15) is 17.9 Å². The normalized spacial score (nSPS) is 12.1. The minimum absolute atomic E-state index is 0.0287. The minimum atomic E-state index is -3.94. The van der Waals surface area contributed by atoms with E-state index in [0.29, 0.717) is 26.1 Å². The fraction of sp³-hybridized carbons (Fsp3) is 0.231. The van der Waals surface area contributed by atoms with Gasteiger partial charge in [0.05, 0.1) is 22.5 Å². The van der Waals surface area contributed by atoms with Crippen LogP contribution in [0.4, 0.5) is 0 Å². The molecule has 0 saturated heterocycles. The SMILES string of the molecule is CCOC(=O)c1cc(S(=O)(=O)c2ccc(CCN(Cc3ccccc3)C[C@H](O)c3ccc(C)nc3)cc2)ccc1OCc1ccccc1. The van der Waals surface area contributed by atoms with Crippen molar-refractivity contribution in [3.63, 3.8) is 0 Å². The van der Waals surface area contributed by atoms with Crippen molar-refractivity contribution in [3.05, 3.63) is 155 Å². The molecule has 0 spiro atoms. The van der Waals surface area contributed by atoms with Gasteiger partial charge in [0, 0.05) is 37.1 Å². The number of nitrogens with zero attached hydrogens (tertiary/aromatic N) is 2. The molecule has 0 bridgehead atoms. The van der Waals surface area contributed by atoms with Crippen LogP contribution in [0.5, 0.6) is 5.75 Å². The lowest BCUT2D eigenvalue weighted by Gasteiger charge is -2.25. The average Bonchev–Trinajstić information content (AvgIpc) is 3.11. The predicted molar refractivity (Wildman–Crippen MR) is 184 cm³/mol. The molecule has 0 aliphatic carbocycles. The number of aromatic nitrogens is 1. The first-order valence-corrected chi connectivity index (χ1v) is 17.4. The topological polar surface area (TPSA) is 106 Å². The van der Waals surface area contributed by atoms with E-state index in [4.69, 9.17) is 9.47 Å². The molecular weight excluding hydrogens is 625 g/mol. The number of aliphatic hydroxyl groups is 1. The monoisotopic (exact) mass is 664 g/mol. The van der Waals surface area contributed by atoms with Crippen molar-refractivity contribution >= 4 is 15.8 Å². The number of pyridine rings is 1. The Balaban J connectivity index is 1.30. The zero-order valence-corrected chi connectivity index (χ0v) is 28.0. The Labute approximate surface area is 282 Å². The highest BCUT2D eigenvalue weighted by atomic mass is 32.2. The molecule has 1 atom stereocenters. The van der Waals surface area contributed by atoms with Crippen LogP contribution in [0.3, 0.4) is 0 Å². The Bertz CT molecular complexity index is 1880. The number of carbonyl (C=O) groups is 1. The van der Waals surface area contributed by atoms with E-state index in [1.165, 1.54) is 18.2 Å². The molecule has 0 aliphatic rings. The molecule has 4 aromatic carbocycles. The first-order chi connectivity index (χ1) is 23.2. The molecule has 0 radical (unpaired) electrons. The summed E-state index contributed by atoms with van der Waals surface area (Å²) in [5.41, 5.74) is 4.69. The van der Waals surface area contributed by atoms with Gasteiger partial charge in [-0.1, -0.05) is 78.9 Å². The Kier molecular flexibility index (Phi) is 11.7. The molecule has 0 aliphatic heterocycles. The van der Waals surface area contributed by atoms with Gasteiger partial charge in [0.2, 0.25) is 9.84 Å². The number of hydrogen-bond acceptors (Lipinski definition) is 8. The molecule has 0 saturated carbocycles. The van der Waals surface area contributed by atoms with Crippen molar-refractivity contribution in [1.29, 1.82) is 0 Å². The van der Waals surface area contributed by atoms with Crippen molar-refractivity contribution in [2.45, 2.75) is 49.3 Å². The lowest BCUT2D eigenvalue weighted by molar-refractivity contribution is 0.0521.